The number of nitrogens with two attached hydrogens (primary N) is 1. The Morgan fingerprint density at radius 1 is 1.24 bits per heavy atom. The number of benzene rings is 2. The largest absolute Gasteiger partial charge is 0.375 e. The molecule has 0 bridgehead atoms. The number of carbonyl (C=O) groups excluding carboxylic acids is 1. The first kappa shape index (κ1) is 14.5. The van der Waals surface area contributed by atoms with Crippen molar-refractivity contribution in [3.63, 3.8) is 0 Å². The molecule has 6 heteroatoms. The fourth-order valence-corrected chi connectivity index (χ4v) is 1.93. The molecular weight excluding hydrogens is 270 g/mol. The van der Waals surface area contributed by atoms with Gasteiger partial charge in [-0.05, 0) is 36.2 Å². The molecule has 0 unspecified atom stereocenters. The van der Waals surface area contributed by atoms with Crippen LogP contribution in [0.1, 0.15) is 21.5 Å². The third kappa shape index (κ3) is 3.56. The summed E-state index contributed by atoms with van der Waals surface area (Å²) in [6.45, 7) is 2.29. The lowest BCUT2D eigenvalue weighted by molar-refractivity contribution is -0.384. The summed E-state index contributed by atoms with van der Waals surface area (Å²) in [4.78, 5) is 21.5. The number of nitro benzene ring substituents is 1. The monoisotopic (exact) mass is 285 g/mol. The quantitative estimate of drug-likeness (QED) is 0.651. The molecule has 1 amide bonds. The van der Waals surface area contributed by atoms with Gasteiger partial charge < -0.3 is 11.1 Å². The van der Waals surface area contributed by atoms with E-state index in [1.54, 1.807) is 36.4 Å². The summed E-state index contributed by atoms with van der Waals surface area (Å²) in [5.74, 6) is -0.483. The summed E-state index contributed by atoms with van der Waals surface area (Å²) < 4.78 is 0. The highest BCUT2D eigenvalue weighted by molar-refractivity contribution is 5.92. The van der Waals surface area contributed by atoms with Gasteiger partial charge in [0.15, 0.2) is 0 Å². The third-order valence-electron chi connectivity index (χ3n) is 3.07. The van der Waals surface area contributed by atoms with Gasteiger partial charge in [-0.3, -0.25) is 14.9 Å². The number of anilines is 1. The minimum atomic E-state index is -0.483. The van der Waals surface area contributed by atoms with Crippen LogP contribution in [0.3, 0.4) is 0 Å². The van der Waals surface area contributed by atoms with E-state index in [9.17, 15) is 14.9 Å². The van der Waals surface area contributed by atoms with Crippen LogP contribution >= 0.6 is 0 Å². The van der Waals surface area contributed by atoms with E-state index >= 15 is 0 Å². The van der Waals surface area contributed by atoms with Crippen LogP contribution in [0.25, 0.3) is 0 Å². The van der Waals surface area contributed by atoms with Gasteiger partial charge in [-0.25, -0.2) is 0 Å². The van der Waals surface area contributed by atoms with Crippen molar-refractivity contribution >= 4 is 17.3 Å². The fraction of sp³-hybridized carbons (Fsp3) is 0.133. The molecule has 0 atom stereocenters. The second-order valence-corrected chi connectivity index (χ2v) is 4.69. The van der Waals surface area contributed by atoms with Crippen LogP contribution in [0, 0.1) is 17.0 Å². The van der Waals surface area contributed by atoms with Gasteiger partial charge in [-0.1, -0.05) is 18.2 Å². The lowest BCUT2D eigenvalue weighted by Crippen LogP contribution is -2.11. The van der Waals surface area contributed by atoms with Crippen LogP contribution < -0.4 is 11.1 Å². The highest BCUT2D eigenvalue weighted by atomic mass is 16.6. The Labute approximate surface area is 121 Å². The van der Waals surface area contributed by atoms with Gasteiger partial charge in [-0.2, -0.15) is 0 Å². The van der Waals surface area contributed by atoms with E-state index in [2.05, 4.69) is 5.32 Å². The molecule has 2 aromatic rings. The van der Waals surface area contributed by atoms with Crippen LogP contribution in [0.4, 0.5) is 11.4 Å². The molecule has 0 saturated heterocycles. The van der Waals surface area contributed by atoms with Gasteiger partial charge in [0, 0.05) is 18.2 Å². The number of nitrogens with one attached hydrogen (secondary N) is 1. The maximum Gasteiger partial charge on any atom is 0.292 e. The van der Waals surface area contributed by atoms with Gasteiger partial charge in [0.25, 0.3) is 5.69 Å². The molecule has 0 aromatic heterocycles. The first-order chi connectivity index (χ1) is 9.97. The molecule has 2 aromatic carbocycles. The first-order valence-electron chi connectivity index (χ1n) is 6.35. The van der Waals surface area contributed by atoms with Gasteiger partial charge in [-0.15, -0.1) is 0 Å². The van der Waals surface area contributed by atoms with Gasteiger partial charge in [0.2, 0.25) is 5.91 Å². The van der Waals surface area contributed by atoms with Crippen LogP contribution in [-0.4, -0.2) is 10.8 Å². The number of rotatable bonds is 5. The molecule has 0 spiro atoms. The van der Waals surface area contributed by atoms with Crippen LogP contribution in [0.15, 0.2) is 42.5 Å². The summed E-state index contributed by atoms with van der Waals surface area (Å²) >= 11 is 0. The van der Waals surface area contributed by atoms with E-state index in [1.807, 2.05) is 6.92 Å². The Hall–Kier alpha value is -2.89. The number of nitrogens with zero attached hydrogens (tertiary/aromatic N) is 1. The number of carbonyl (C=O) groups is 1. The Balaban J connectivity index is 2.14. The van der Waals surface area contributed by atoms with E-state index in [1.165, 1.54) is 6.07 Å². The lowest BCUT2D eigenvalue weighted by Gasteiger charge is -2.08. The second-order valence-electron chi connectivity index (χ2n) is 4.69. The number of nitro groups is 1. The minimum Gasteiger partial charge on any atom is -0.375 e. The number of hydrogen-bond acceptors (Lipinski definition) is 4. The van der Waals surface area contributed by atoms with E-state index in [0.717, 1.165) is 11.1 Å². The molecule has 0 heterocycles. The molecule has 0 radical (unpaired) electrons. The highest BCUT2D eigenvalue weighted by Crippen LogP contribution is 2.25. The number of primary amides is 1. The minimum absolute atomic E-state index is 0.0364. The van der Waals surface area contributed by atoms with Crippen molar-refractivity contribution in [2.45, 2.75) is 13.5 Å². The molecule has 0 saturated carbocycles. The van der Waals surface area contributed by atoms with Crippen molar-refractivity contribution in [2.75, 3.05) is 5.32 Å². The standard InChI is InChI=1S/C15H15N3O3/c1-10-2-7-14(18(20)21)13(8-10)17-9-11-3-5-12(6-4-11)15(16)19/h2-8,17H,9H2,1H3,(H2,16,19). The van der Waals surface area contributed by atoms with Crippen molar-refractivity contribution in [3.05, 3.63) is 69.3 Å². The molecule has 0 fully saturated rings. The molecule has 2 rings (SSSR count). The Bertz CT molecular complexity index is 681. The first-order valence-corrected chi connectivity index (χ1v) is 6.35. The van der Waals surface area contributed by atoms with Crippen molar-refractivity contribution in [1.29, 1.82) is 0 Å². The maximum absolute atomic E-state index is 11.0. The molecule has 108 valence electrons. The summed E-state index contributed by atoms with van der Waals surface area (Å²) in [6, 6.07) is 11.7. The SMILES string of the molecule is Cc1ccc([N+](=O)[O-])c(NCc2ccc(C(N)=O)cc2)c1. The molecule has 21 heavy (non-hydrogen) atoms. The Morgan fingerprint density at radius 2 is 1.90 bits per heavy atom. The number of hydrogen-bond donors (Lipinski definition) is 2. The van der Waals surface area contributed by atoms with Crippen molar-refractivity contribution in [3.8, 4) is 0 Å². The van der Waals surface area contributed by atoms with E-state index < -0.39 is 10.8 Å². The van der Waals surface area contributed by atoms with Crippen LogP contribution in [0.5, 0.6) is 0 Å². The summed E-state index contributed by atoms with van der Waals surface area (Å²) in [6.07, 6.45) is 0. The molecule has 0 aliphatic heterocycles. The average molecular weight is 285 g/mol. The van der Waals surface area contributed by atoms with Crippen molar-refractivity contribution < 1.29 is 9.72 Å². The fourth-order valence-electron chi connectivity index (χ4n) is 1.93. The Kier molecular flexibility index (Phi) is 4.18. The number of amides is 1. The topological polar surface area (TPSA) is 98.3 Å². The maximum atomic E-state index is 11.0. The molecule has 3 N–H and O–H groups in total. The van der Waals surface area contributed by atoms with E-state index in [4.69, 9.17) is 5.73 Å². The molecule has 6 nitrogen and oxygen atoms in total. The molecule has 0 aliphatic rings. The zero-order valence-electron chi connectivity index (χ0n) is 11.5. The predicted octanol–water partition coefficient (Wildman–Crippen LogP) is 2.61. The van der Waals surface area contributed by atoms with Gasteiger partial charge in [0.05, 0.1) is 4.92 Å². The summed E-state index contributed by atoms with van der Waals surface area (Å²) in [5.41, 5.74) is 7.94. The predicted molar refractivity (Wildman–Crippen MR) is 80.1 cm³/mol. The van der Waals surface area contributed by atoms with Gasteiger partial charge >= 0.3 is 0 Å². The smallest absolute Gasteiger partial charge is 0.292 e. The van der Waals surface area contributed by atoms with Crippen LogP contribution in [0.2, 0.25) is 0 Å². The zero-order chi connectivity index (χ0) is 15.4. The second kappa shape index (κ2) is 6.04. The normalized spacial score (nSPS) is 10.1. The summed E-state index contributed by atoms with van der Waals surface area (Å²) in [7, 11) is 0. The van der Waals surface area contributed by atoms with Gasteiger partial charge in [0.1, 0.15) is 5.69 Å². The third-order valence-corrected chi connectivity index (χ3v) is 3.07. The summed E-state index contributed by atoms with van der Waals surface area (Å²) in [5, 5.41) is 14.0. The van der Waals surface area contributed by atoms with E-state index in [-0.39, 0.29) is 5.69 Å². The molecule has 0 aliphatic carbocycles. The van der Waals surface area contributed by atoms with Crippen molar-refractivity contribution in [1.82, 2.24) is 0 Å². The highest BCUT2D eigenvalue weighted by Gasteiger charge is 2.13. The Morgan fingerprint density at radius 3 is 2.48 bits per heavy atom. The lowest BCUT2D eigenvalue weighted by atomic mass is 10.1. The van der Waals surface area contributed by atoms with E-state index in [0.29, 0.717) is 17.8 Å². The van der Waals surface area contributed by atoms with Crippen molar-refractivity contribution in [2.24, 2.45) is 5.73 Å². The molecular formula is C15H15N3O3. The number of aryl methyl sites for hydroxylation is 1. The van der Waals surface area contributed by atoms with Crippen LogP contribution in [-0.2, 0) is 6.54 Å². The zero-order valence-corrected chi connectivity index (χ0v) is 11.5. The average Bonchev–Trinajstić information content (AvgIpc) is 2.45.